The van der Waals surface area contributed by atoms with Gasteiger partial charge >= 0.3 is 0 Å². The Bertz CT molecular complexity index is 415. The van der Waals surface area contributed by atoms with Crippen molar-refractivity contribution in [3.63, 3.8) is 0 Å². The second kappa shape index (κ2) is 5.21. The zero-order chi connectivity index (χ0) is 12.3. The Morgan fingerprint density at radius 1 is 1.41 bits per heavy atom. The van der Waals surface area contributed by atoms with Gasteiger partial charge in [0.05, 0.1) is 11.4 Å². The summed E-state index contributed by atoms with van der Waals surface area (Å²) in [4.78, 5) is 14.0. The minimum Gasteiger partial charge on any atom is -0.397 e. The van der Waals surface area contributed by atoms with Gasteiger partial charge in [0.25, 0.3) is 0 Å². The van der Waals surface area contributed by atoms with Crippen LogP contribution in [0.25, 0.3) is 0 Å². The second-order valence-electron chi connectivity index (χ2n) is 4.61. The van der Waals surface area contributed by atoms with Crippen molar-refractivity contribution >= 4 is 17.3 Å². The number of nitrogens with two attached hydrogens (primary N) is 1. The molecule has 2 N–H and O–H groups in total. The predicted octanol–water partition coefficient (Wildman–Crippen LogP) is 2.74. The van der Waals surface area contributed by atoms with Crippen LogP contribution in [0.4, 0.5) is 11.4 Å². The minimum atomic E-state index is 0.218. The monoisotopic (exact) mass is 232 g/mol. The van der Waals surface area contributed by atoms with E-state index in [9.17, 15) is 4.79 Å². The molecule has 1 aliphatic heterocycles. The number of carbonyl (C=O) groups excluding carboxylic acids is 1. The average Bonchev–Trinajstić information content (AvgIpc) is 2.74. The van der Waals surface area contributed by atoms with E-state index >= 15 is 0 Å². The summed E-state index contributed by atoms with van der Waals surface area (Å²) >= 11 is 0. The lowest BCUT2D eigenvalue weighted by Crippen LogP contribution is -2.29. The molecule has 3 nitrogen and oxygen atoms in total. The molecule has 0 saturated heterocycles. The molecule has 3 heteroatoms. The van der Waals surface area contributed by atoms with Crippen LogP contribution in [0.15, 0.2) is 18.2 Å². The van der Waals surface area contributed by atoms with Crippen molar-refractivity contribution in [2.24, 2.45) is 0 Å². The SMILES string of the molecule is CCCCCC(=O)N1CCc2cccc(N)c21. The molecule has 0 aromatic heterocycles. The molecule has 17 heavy (non-hydrogen) atoms. The van der Waals surface area contributed by atoms with Crippen LogP contribution >= 0.6 is 0 Å². The van der Waals surface area contributed by atoms with E-state index in [0.717, 1.165) is 43.6 Å². The van der Waals surface area contributed by atoms with Gasteiger partial charge in [-0.3, -0.25) is 4.79 Å². The Morgan fingerprint density at radius 2 is 2.24 bits per heavy atom. The van der Waals surface area contributed by atoms with Gasteiger partial charge in [0, 0.05) is 13.0 Å². The van der Waals surface area contributed by atoms with Gasteiger partial charge in [-0.2, -0.15) is 0 Å². The van der Waals surface area contributed by atoms with Crippen molar-refractivity contribution in [2.45, 2.75) is 39.0 Å². The van der Waals surface area contributed by atoms with E-state index < -0.39 is 0 Å². The van der Waals surface area contributed by atoms with E-state index in [1.54, 1.807) is 0 Å². The van der Waals surface area contributed by atoms with Gasteiger partial charge in [0.15, 0.2) is 0 Å². The lowest BCUT2D eigenvalue weighted by Gasteiger charge is -2.18. The molecule has 1 heterocycles. The molecule has 0 bridgehead atoms. The number of hydrogen-bond acceptors (Lipinski definition) is 2. The molecule has 1 aliphatic rings. The largest absolute Gasteiger partial charge is 0.397 e. The average molecular weight is 232 g/mol. The number of benzene rings is 1. The van der Waals surface area contributed by atoms with Crippen LogP contribution in [0.3, 0.4) is 0 Å². The summed E-state index contributed by atoms with van der Waals surface area (Å²) in [5, 5.41) is 0. The number of nitrogens with zero attached hydrogens (tertiary/aromatic N) is 1. The third kappa shape index (κ3) is 2.43. The van der Waals surface area contributed by atoms with Crippen LogP contribution in [0, 0.1) is 0 Å². The van der Waals surface area contributed by atoms with E-state index in [4.69, 9.17) is 5.73 Å². The van der Waals surface area contributed by atoms with E-state index in [1.807, 2.05) is 17.0 Å². The third-order valence-electron chi connectivity index (χ3n) is 3.32. The Kier molecular flexibility index (Phi) is 3.67. The second-order valence-corrected chi connectivity index (χ2v) is 4.61. The number of rotatable bonds is 4. The summed E-state index contributed by atoms with van der Waals surface area (Å²) in [5.41, 5.74) is 8.84. The Labute approximate surface area is 103 Å². The van der Waals surface area contributed by atoms with Crippen molar-refractivity contribution in [1.82, 2.24) is 0 Å². The molecule has 0 unspecified atom stereocenters. The topological polar surface area (TPSA) is 46.3 Å². The Balaban J connectivity index is 2.08. The molecule has 2 rings (SSSR count). The lowest BCUT2D eigenvalue weighted by atomic mass is 10.1. The van der Waals surface area contributed by atoms with E-state index in [1.165, 1.54) is 5.56 Å². The molecule has 1 aromatic carbocycles. The van der Waals surface area contributed by atoms with E-state index in [2.05, 4.69) is 13.0 Å². The minimum absolute atomic E-state index is 0.218. The Hall–Kier alpha value is -1.51. The third-order valence-corrected chi connectivity index (χ3v) is 3.32. The van der Waals surface area contributed by atoms with Gasteiger partial charge in [-0.15, -0.1) is 0 Å². The van der Waals surface area contributed by atoms with Crippen molar-refractivity contribution in [3.8, 4) is 0 Å². The molecule has 0 atom stereocenters. The van der Waals surface area contributed by atoms with Gasteiger partial charge in [-0.25, -0.2) is 0 Å². The summed E-state index contributed by atoms with van der Waals surface area (Å²) in [7, 11) is 0. The fraction of sp³-hybridized carbons (Fsp3) is 0.500. The highest BCUT2D eigenvalue weighted by atomic mass is 16.2. The van der Waals surface area contributed by atoms with Crippen molar-refractivity contribution in [1.29, 1.82) is 0 Å². The first kappa shape index (κ1) is 12.0. The number of amides is 1. The summed E-state index contributed by atoms with van der Waals surface area (Å²) in [5.74, 6) is 0.218. The van der Waals surface area contributed by atoms with Crippen LogP contribution in [-0.4, -0.2) is 12.5 Å². The van der Waals surface area contributed by atoms with Gasteiger partial charge in [0.2, 0.25) is 5.91 Å². The molecular formula is C14H20N2O. The molecule has 1 amide bonds. The molecule has 0 fully saturated rings. The number of unbranched alkanes of at least 4 members (excludes halogenated alkanes) is 2. The number of anilines is 2. The van der Waals surface area contributed by atoms with E-state index in [0.29, 0.717) is 6.42 Å². The van der Waals surface area contributed by atoms with Gasteiger partial charge in [-0.1, -0.05) is 31.9 Å². The summed E-state index contributed by atoms with van der Waals surface area (Å²) in [6.07, 6.45) is 4.82. The quantitative estimate of drug-likeness (QED) is 0.641. The molecule has 0 saturated carbocycles. The number of carbonyl (C=O) groups is 1. The zero-order valence-electron chi connectivity index (χ0n) is 10.4. The first-order valence-electron chi connectivity index (χ1n) is 6.41. The molecule has 0 aliphatic carbocycles. The maximum absolute atomic E-state index is 12.1. The maximum atomic E-state index is 12.1. The highest BCUT2D eigenvalue weighted by Gasteiger charge is 2.25. The smallest absolute Gasteiger partial charge is 0.227 e. The standard InChI is InChI=1S/C14H20N2O/c1-2-3-4-8-13(17)16-10-9-11-6-5-7-12(15)14(11)16/h5-7H,2-4,8-10,15H2,1H3. The number of para-hydroxylation sites is 1. The molecule has 1 aromatic rings. The molecular weight excluding hydrogens is 212 g/mol. The lowest BCUT2D eigenvalue weighted by molar-refractivity contribution is -0.118. The summed E-state index contributed by atoms with van der Waals surface area (Å²) in [6, 6.07) is 5.89. The first-order chi connectivity index (χ1) is 8.24. The van der Waals surface area contributed by atoms with Gasteiger partial charge in [-0.05, 0) is 24.5 Å². The maximum Gasteiger partial charge on any atom is 0.227 e. The first-order valence-corrected chi connectivity index (χ1v) is 6.41. The molecule has 92 valence electrons. The zero-order valence-corrected chi connectivity index (χ0v) is 10.4. The highest BCUT2D eigenvalue weighted by molar-refractivity contribution is 5.98. The van der Waals surface area contributed by atoms with Crippen LogP contribution in [0.2, 0.25) is 0 Å². The van der Waals surface area contributed by atoms with Crippen molar-refractivity contribution < 1.29 is 4.79 Å². The number of fused-ring (bicyclic) bond motifs is 1. The number of nitrogen functional groups attached to an aromatic ring is 1. The summed E-state index contributed by atoms with van der Waals surface area (Å²) in [6.45, 7) is 2.93. The van der Waals surface area contributed by atoms with Crippen LogP contribution < -0.4 is 10.6 Å². The fourth-order valence-electron chi connectivity index (χ4n) is 2.40. The molecule has 0 radical (unpaired) electrons. The Morgan fingerprint density at radius 3 is 3.00 bits per heavy atom. The normalized spacial score (nSPS) is 13.8. The summed E-state index contributed by atoms with van der Waals surface area (Å²) < 4.78 is 0. The van der Waals surface area contributed by atoms with Crippen molar-refractivity contribution in [3.05, 3.63) is 23.8 Å². The molecule has 0 spiro atoms. The highest BCUT2D eigenvalue weighted by Crippen LogP contribution is 2.34. The van der Waals surface area contributed by atoms with Crippen LogP contribution in [0.1, 0.15) is 38.2 Å². The van der Waals surface area contributed by atoms with Crippen LogP contribution in [0.5, 0.6) is 0 Å². The van der Waals surface area contributed by atoms with Crippen LogP contribution in [-0.2, 0) is 11.2 Å². The van der Waals surface area contributed by atoms with E-state index in [-0.39, 0.29) is 5.91 Å². The van der Waals surface area contributed by atoms with Gasteiger partial charge in [0.1, 0.15) is 0 Å². The van der Waals surface area contributed by atoms with Crippen molar-refractivity contribution in [2.75, 3.05) is 17.2 Å². The number of hydrogen-bond donors (Lipinski definition) is 1. The predicted molar refractivity (Wildman–Crippen MR) is 71.1 cm³/mol. The van der Waals surface area contributed by atoms with Gasteiger partial charge < -0.3 is 10.6 Å². The fourth-order valence-corrected chi connectivity index (χ4v) is 2.40.